The van der Waals surface area contributed by atoms with Crippen LogP contribution in [0.3, 0.4) is 0 Å². The predicted octanol–water partition coefficient (Wildman–Crippen LogP) is 4.20. The van der Waals surface area contributed by atoms with Gasteiger partial charge < -0.3 is 10.1 Å². The van der Waals surface area contributed by atoms with Crippen molar-refractivity contribution in [2.24, 2.45) is 5.41 Å². The van der Waals surface area contributed by atoms with Gasteiger partial charge in [0, 0.05) is 10.8 Å². The van der Waals surface area contributed by atoms with Crippen LogP contribution in [0.4, 0.5) is 5.82 Å². The average molecular weight is 394 g/mol. The van der Waals surface area contributed by atoms with Crippen LogP contribution in [-0.4, -0.2) is 33.2 Å². The Morgan fingerprint density at radius 3 is 2.55 bits per heavy atom. The summed E-state index contributed by atoms with van der Waals surface area (Å²) < 4.78 is 6.62. The third kappa shape index (κ3) is 3.99. The van der Waals surface area contributed by atoms with Gasteiger partial charge in [0.15, 0.2) is 11.6 Å². The van der Waals surface area contributed by atoms with Crippen LogP contribution in [0.5, 0.6) is 0 Å². The lowest BCUT2D eigenvalue weighted by molar-refractivity contribution is -0.123. The van der Waals surface area contributed by atoms with E-state index < -0.39 is 11.4 Å². The second kappa shape index (κ2) is 7.66. The van der Waals surface area contributed by atoms with E-state index in [9.17, 15) is 9.59 Å². The van der Waals surface area contributed by atoms with Crippen LogP contribution in [-0.2, 0) is 9.53 Å². The lowest BCUT2D eigenvalue weighted by Gasteiger charge is -2.19. The molecule has 7 heteroatoms. The standard InChI is InChI=1S/C22H26N4O3/c1-7-29-20(27)16-12-23-26(19(16)25-21(28)22(4,5)6)17-11-14(3)15-10-8-9-13(2)18(15)24-17/h8-12H,7H2,1-6H3,(H,25,28). The molecule has 0 unspecified atom stereocenters. The normalized spacial score (nSPS) is 11.5. The fourth-order valence-corrected chi connectivity index (χ4v) is 2.95. The molecule has 1 aromatic carbocycles. The first-order chi connectivity index (χ1) is 13.6. The van der Waals surface area contributed by atoms with Crippen molar-refractivity contribution in [3.05, 3.63) is 47.2 Å². The Bertz CT molecular complexity index is 1090. The first-order valence-corrected chi connectivity index (χ1v) is 9.57. The minimum absolute atomic E-state index is 0.189. The van der Waals surface area contributed by atoms with E-state index in [0.717, 1.165) is 22.0 Å². The molecule has 7 nitrogen and oxygen atoms in total. The van der Waals surface area contributed by atoms with E-state index in [2.05, 4.69) is 10.4 Å². The maximum Gasteiger partial charge on any atom is 0.343 e. The van der Waals surface area contributed by atoms with Crippen molar-refractivity contribution >= 4 is 28.6 Å². The zero-order valence-corrected chi connectivity index (χ0v) is 17.7. The highest BCUT2D eigenvalue weighted by atomic mass is 16.5. The number of nitrogens with zero attached hydrogens (tertiary/aromatic N) is 3. The minimum atomic E-state index is -0.648. The topological polar surface area (TPSA) is 86.1 Å². The van der Waals surface area contributed by atoms with Crippen molar-refractivity contribution in [2.45, 2.75) is 41.5 Å². The lowest BCUT2D eigenvalue weighted by Crippen LogP contribution is -2.29. The molecule has 2 aromatic heterocycles. The van der Waals surface area contributed by atoms with Crippen molar-refractivity contribution in [1.82, 2.24) is 14.8 Å². The molecule has 0 spiro atoms. The van der Waals surface area contributed by atoms with Crippen LogP contribution in [0.15, 0.2) is 30.5 Å². The van der Waals surface area contributed by atoms with E-state index in [-0.39, 0.29) is 23.9 Å². The maximum atomic E-state index is 12.7. The quantitative estimate of drug-likeness (QED) is 0.670. The van der Waals surface area contributed by atoms with Gasteiger partial charge in [-0.2, -0.15) is 9.78 Å². The molecule has 152 valence electrons. The number of rotatable bonds is 4. The highest BCUT2D eigenvalue weighted by Crippen LogP contribution is 2.27. The van der Waals surface area contributed by atoms with E-state index in [1.807, 2.05) is 38.1 Å². The summed E-state index contributed by atoms with van der Waals surface area (Å²) in [5.74, 6) is -0.0117. The second-order valence-electron chi connectivity index (χ2n) is 8.01. The van der Waals surface area contributed by atoms with E-state index in [1.165, 1.54) is 10.9 Å². The Labute approximate surface area is 170 Å². The Morgan fingerprint density at radius 1 is 1.17 bits per heavy atom. The number of carbonyl (C=O) groups excluding carboxylic acids is 2. The summed E-state index contributed by atoms with van der Waals surface area (Å²) >= 11 is 0. The van der Waals surface area contributed by atoms with Crippen molar-refractivity contribution < 1.29 is 14.3 Å². The van der Waals surface area contributed by atoms with Gasteiger partial charge in [-0.05, 0) is 38.0 Å². The number of aryl methyl sites for hydroxylation is 2. The van der Waals surface area contributed by atoms with Crippen molar-refractivity contribution in [2.75, 3.05) is 11.9 Å². The molecular formula is C22H26N4O3. The number of nitrogens with one attached hydrogen (secondary N) is 1. The zero-order valence-electron chi connectivity index (χ0n) is 17.7. The molecule has 3 aromatic rings. The summed E-state index contributed by atoms with van der Waals surface area (Å²) in [4.78, 5) is 29.8. The fourth-order valence-electron chi connectivity index (χ4n) is 2.95. The summed E-state index contributed by atoms with van der Waals surface area (Å²) in [6.45, 7) is 11.3. The number of fused-ring (bicyclic) bond motifs is 1. The van der Waals surface area contributed by atoms with Gasteiger partial charge in [0.2, 0.25) is 5.91 Å². The van der Waals surface area contributed by atoms with Crippen LogP contribution in [0, 0.1) is 19.3 Å². The number of hydrogen-bond acceptors (Lipinski definition) is 5. The van der Waals surface area contributed by atoms with Crippen molar-refractivity contribution in [1.29, 1.82) is 0 Å². The third-order valence-electron chi connectivity index (χ3n) is 4.63. The van der Waals surface area contributed by atoms with Gasteiger partial charge in [0.05, 0.1) is 18.3 Å². The molecule has 0 saturated heterocycles. The summed E-state index contributed by atoms with van der Waals surface area (Å²) in [6.07, 6.45) is 1.40. The molecular weight excluding hydrogens is 368 g/mol. The Kier molecular flexibility index (Phi) is 5.42. The minimum Gasteiger partial charge on any atom is -0.462 e. The maximum absolute atomic E-state index is 12.7. The average Bonchev–Trinajstić information content (AvgIpc) is 3.05. The summed E-state index contributed by atoms with van der Waals surface area (Å²) in [6, 6.07) is 7.89. The van der Waals surface area contributed by atoms with Crippen molar-refractivity contribution in [3.8, 4) is 5.82 Å². The van der Waals surface area contributed by atoms with E-state index in [0.29, 0.717) is 5.82 Å². The Hall–Kier alpha value is -3.22. The molecule has 29 heavy (non-hydrogen) atoms. The van der Waals surface area contributed by atoms with E-state index in [1.54, 1.807) is 27.7 Å². The molecule has 0 saturated carbocycles. The van der Waals surface area contributed by atoms with Crippen molar-refractivity contribution in [3.63, 3.8) is 0 Å². The number of aromatic nitrogens is 3. The molecule has 0 radical (unpaired) electrons. The lowest BCUT2D eigenvalue weighted by atomic mass is 9.96. The highest BCUT2D eigenvalue weighted by molar-refractivity contribution is 6.02. The molecule has 2 heterocycles. The summed E-state index contributed by atoms with van der Waals surface area (Å²) in [7, 11) is 0. The number of benzene rings is 1. The fraction of sp³-hybridized carbons (Fsp3) is 0.364. The number of pyridine rings is 1. The number of esters is 1. The van der Waals surface area contributed by atoms with Gasteiger partial charge in [-0.15, -0.1) is 0 Å². The smallest absolute Gasteiger partial charge is 0.343 e. The number of amides is 1. The largest absolute Gasteiger partial charge is 0.462 e. The van der Waals surface area contributed by atoms with Gasteiger partial charge in [0.1, 0.15) is 5.56 Å². The third-order valence-corrected chi connectivity index (χ3v) is 4.63. The van der Waals surface area contributed by atoms with Gasteiger partial charge in [0.25, 0.3) is 0 Å². The first kappa shape index (κ1) is 20.5. The van der Waals surface area contributed by atoms with Crippen LogP contribution in [0.2, 0.25) is 0 Å². The molecule has 1 N–H and O–H groups in total. The molecule has 1 amide bonds. The number of carbonyl (C=O) groups is 2. The summed E-state index contributed by atoms with van der Waals surface area (Å²) in [5.41, 5.74) is 2.45. The van der Waals surface area contributed by atoms with Gasteiger partial charge >= 0.3 is 5.97 Å². The van der Waals surface area contributed by atoms with Crippen LogP contribution < -0.4 is 5.32 Å². The number of hydrogen-bond donors (Lipinski definition) is 1. The zero-order chi connectivity index (χ0) is 21.3. The molecule has 3 rings (SSSR count). The Morgan fingerprint density at radius 2 is 1.90 bits per heavy atom. The van der Waals surface area contributed by atoms with E-state index >= 15 is 0 Å². The summed E-state index contributed by atoms with van der Waals surface area (Å²) in [5, 5.41) is 8.23. The van der Waals surface area contributed by atoms with Crippen LogP contribution in [0.1, 0.15) is 49.2 Å². The second-order valence-corrected chi connectivity index (χ2v) is 8.01. The van der Waals surface area contributed by atoms with Gasteiger partial charge in [-0.25, -0.2) is 9.78 Å². The predicted molar refractivity (Wildman–Crippen MR) is 112 cm³/mol. The first-order valence-electron chi connectivity index (χ1n) is 9.57. The molecule has 0 bridgehead atoms. The molecule has 0 aliphatic rings. The number of anilines is 1. The SMILES string of the molecule is CCOC(=O)c1cnn(-c2cc(C)c3cccc(C)c3n2)c1NC(=O)C(C)(C)C. The molecule has 0 aliphatic carbocycles. The van der Waals surface area contributed by atoms with Crippen LogP contribution >= 0.6 is 0 Å². The molecule has 0 aliphatic heterocycles. The Balaban J connectivity index is 2.19. The number of ether oxygens (including phenoxy) is 1. The number of para-hydroxylation sites is 1. The highest BCUT2D eigenvalue weighted by Gasteiger charge is 2.27. The van der Waals surface area contributed by atoms with Crippen LogP contribution in [0.25, 0.3) is 16.7 Å². The monoisotopic (exact) mass is 394 g/mol. The van der Waals surface area contributed by atoms with Gasteiger partial charge in [-0.1, -0.05) is 39.0 Å². The molecule has 0 fully saturated rings. The molecule has 0 atom stereocenters. The van der Waals surface area contributed by atoms with E-state index in [4.69, 9.17) is 9.72 Å². The van der Waals surface area contributed by atoms with Gasteiger partial charge in [-0.3, -0.25) is 4.79 Å².